The Balaban J connectivity index is 1.13. The third kappa shape index (κ3) is 4.66. The fraction of sp³-hybridized carbons (Fsp3) is 0.267. The number of para-hydroxylation sites is 1. The summed E-state index contributed by atoms with van der Waals surface area (Å²) in [5.74, 6) is 2.40. The van der Waals surface area contributed by atoms with Gasteiger partial charge in [0.15, 0.2) is 5.75 Å². The lowest BCUT2D eigenvalue weighted by atomic mass is 9.96. The topological polar surface area (TPSA) is 101 Å². The highest BCUT2D eigenvalue weighted by atomic mass is 16.5. The standard InChI is InChI=1S/C30H29N5O4/c36-28-15-23(35-7-10-37-11-8-35)14-25(34-28)24-3-1-2-19-12-20-13-22(4-5-26(20)39-30(19)24)33-17-21-16-31-18-27-29(21)32-6-9-38-27/h1-5,13-16,18,32-33H,6-12,17H2,(H,34,36). The number of aromatic nitrogens is 2. The van der Waals surface area contributed by atoms with Crippen molar-refractivity contribution in [3.63, 3.8) is 0 Å². The summed E-state index contributed by atoms with van der Waals surface area (Å²) >= 11 is 0. The van der Waals surface area contributed by atoms with Crippen LogP contribution >= 0.6 is 0 Å². The fourth-order valence-corrected chi connectivity index (χ4v) is 5.44. The van der Waals surface area contributed by atoms with Gasteiger partial charge in [-0.05, 0) is 35.9 Å². The van der Waals surface area contributed by atoms with Crippen LogP contribution in [0.1, 0.15) is 16.7 Å². The van der Waals surface area contributed by atoms with Gasteiger partial charge >= 0.3 is 0 Å². The number of H-pyrrole nitrogens is 1. The zero-order chi connectivity index (χ0) is 26.2. The Labute approximate surface area is 225 Å². The minimum atomic E-state index is -0.129. The first-order valence-corrected chi connectivity index (χ1v) is 13.3. The maximum atomic E-state index is 12.6. The van der Waals surface area contributed by atoms with Gasteiger partial charge in [0.25, 0.3) is 0 Å². The molecule has 0 radical (unpaired) electrons. The quantitative estimate of drug-likeness (QED) is 0.312. The number of nitrogens with one attached hydrogen (secondary N) is 3. The highest BCUT2D eigenvalue weighted by Crippen LogP contribution is 2.43. The number of fused-ring (bicyclic) bond motifs is 3. The van der Waals surface area contributed by atoms with Crippen LogP contribution in [-0.2, 0) is 17.7 Å². The molecule has 9 heteroatoms. The van der Waals surface area contributed by atoms with Gasteiger partial charge in [-0.2, -0.15) is 0 Å². The lowest BCUT2D eigenvalue weighted by molar-refractivity contribution is 0.122. The highest BCUT2D eigenvalue weighted by Gasteiger charge is 2.23. The van der Waals surface area contributed by atoms with Crippen molar-refractivity contribution in [3.8, 4) is 28.5 Å². The van der Waals surface area contributed by atoms with E-state index in [2.05, 4.69) is 37.6 Å². The fourth-order valence-electron chi connectivity index (χ4n) is 5.44. The molecule has 1 fully saturated rings. The number of rotatable bonds is 5. The molecule has 2 aromatic heterocycles. The van der Waals surface area contributed by atoms with Gasteiger partial charge < -0.3 is 34.7 Å². The van der Waals surface area contributed by atoms with Crippen molar-refractivity contribution in [1.82, 2.24) is 9.97 Å². The number of benzene rings is 2. The van der Waals surface area contributed by atoms with Crippen molar-refractivity contribution in [1.29, 1.82) is 0 Å². The Kier molecular flexibility index (Phi) is 6.05. The normalized spacial score (nSPS) is 15.6. The predicted octanol–water partition coefficient (Wildman–Crippen LogP) is 4.39. The lowest BCUT2D eigenvalue weighted by Gasteiger charge is -2.29. The van der Waals surface area contributed by atoms with Gasteiger partial charge in [-0.1, -0.05) is 12.1 Å². The number of pyridine rings is 2. The molecule has 0 saturated carbocycles. The molecule has 9 nitrogen and oxygen atoms in total. The van der Waals surface area contributed by atoms with E-state index in [1.54, 1.807) is 12.3 Å². The summed E-state index contributed by atoms with van der Waals surface area (Å²) in [5, 5.41) is 6.94. The average molecular weight is 524 g/mol. The van der Waals surface area contributed by atoms with Crippen LogP contribution in [0, 0.1) is 0 Å². The monoisotopic (exact) mass is 523 g/mol. The maximum absolute atomic E-state index is 12.6. The zero-order valence-corrected chi connectivity index (χ0v) is 21.5. The summed E-state index contributed by atoms with van der Waals surface area (Å²) in [6.07, 6.45) is 4.35. The van der Waals surface area contributed by atoms with Crippen LogP contribution in [0.5, 0.6) is 17.2 Å². The SMILES string of the molecule is O=c1cc(N2CCOCC2)cc(-c2cccc3c2Oc2ccc(NCc4cncc5c4NCCO5)cc2C3)[nH]1. The van der Waals surface area contributed by atoms with Crippen molar-refractivity contribution in [2.24, 2.45) is 0 Å². The van der Waals surface area contributed by atoms with E-state index in [-0.39, 0.29) is 5.56 Å². The number of aromatic amines is 1. The Morgan fingerprint density at radius 1 is 0.974 bits per heavy atom. The number of nitrogens with zero attached hydrogens (tertiary/aromatic N) is 2. The van der Waals surface area contributed by atoms with E-state index in [4.69, 9.17) is 14.2 Å². The van der Waals surface area contributed by atoms with Gasteiger partial charge in [0, 0.05) is 72.9 Å². The third-order valence-electron chi connectivity index (χ3n) is 7.38. The van der Waals surface area contributed by atoms with Crippen molar-refractivity contribution in [3.05, 3.63) is 88.0 Å². The largest absolute Gasteiger partial charge is 0.488 e. The number of morpholine rings is 1. The van der Waals surface area contributed by atoms with Crippen LogP contribution < -0.4 is 30.6 Å². The van der Waals surface area contributed by atoms with Gasteiger partial charge in [0.1, 0.15) is 18.1 Å². The summed E-state index contributed by atoms with van der Waals surface area (Å²) < 4.78 is 17.7. The van der Waals surface area contributed by atoms with E-state index in [1.165, 1.54) is 0 Å². The van der Waals surface area contributed by atoms with Crippen LogP contribution in [0.15, 0.2) is 65.7 Å². The average Bonchev–Trinajstić information content (AvgIpc) is 2.98. The minimum absolute atomic E-state index is 0.129. The van der Waals surface area contributed by atoms with Gasteiger partial charge in [-0.15, -0.1) is 0 Å². The van der Waals surface area contributed by atoms with Gasteiger partial charge in [0.2, 0.25) is 5.56 Å². The van der Waals surface area contributed by atoms with E-state index < -0.39 is 0 Å². The summed E-state index contributed by atoms with van der Waals surface area (Å²) in [6, 6.07) is 16.0. The summed E-state index contributed by atoms with van der Waals surface area (Å²) in [7, 11) is 0. The molecule has 0 bridgehead atoms. The molecule has 0 atom stereocenters. The summed E-state index contributed by atoms with van der Waals surface area (Å²) in [4.78, 5) is 22.1. The first kappa shape index (κ1) is 23.6. The molecule has 0 amide bonds. The van der Waals surface area contributed by atoms with Gasteiger partial charge in [0.05, 0.1) is 30.8 Å². The smallest absolute Gasteiger partial charge is 0.250 e. The van der Waals surface area contributed by atoms with E-state index in [9.17, 15) is 4.79 Å². The van der Waals surface area contributed by atoms with Crippen molar-refractivity contribution in [2.75, 3.05) is 55.0 Å². The van der Waals surface area contributed by atoms with Crippen LogP contribution in [0.4, 0.5) is 17.1 Å². The predicted molar refractivity (Wildman–Crippen MR) is 150 cm³/mol. The van der Waals surface area contributed by atoms with Crippen LogP contribution in [0.25, 0.3) is 11.3 Å². The molecule has 3 aliphatic rings. The first-order chi connectivity index (χ1) is 19.2. The molecule has 0 aliphatic carbocycles. The molecule has 2 aromatic carbocycles. The molecular weight excluding hydrogens is 494 g/mol. The Bertz CT molecular complexity index is 1600. The molecule has 4 aromatic rings. The zero-order valence-electron chi connectivity index (χ0n) is 21.5. The highest BCUT2D eigenvalue weighted by molar-refractivity contribution is 5.74. The third-order valence-corrected chi connectivity index (χ3v) is 7.38. The van der Waals surface area contributed by atoms with Gasteiger partial charge in [-0.25, -0.2) is 0 Å². The first-order valence-electron chi connectivity index (χ1n) is 13.3. The van der Waals surface area contributed by atoms with Crippen molar-refractivity contribution < 1.29 is 14.2 Å². The Morgan fingerprint density at radius 2 is 1.90 bits per heavy atom. The number of ether oxygens (including phenoxy) is 3. The minimum Gasteiger partial charge on any atom is -0.488 e. The van der Waals surface area contributed by atoms with E-state index in [1.807, 2.05) is 36.5 Å². The summed E-state index contributed by atoms with van der Waals surface area (Å²) in [5.41, 5.74) is 7.66. The van der Waals surface area contributed by atoms with E-state index in [0.29, 0.717) is 26.4 Å². The maximum Gasteiger partial charge on any atom is 0.250 e. The molecule has 3 N–H and O–H groups in total. The Morgan fingerprint density at radius 3 is 2.82 bits per heavy atom. The second kappa shape index (κ2) is 9.99. The second-order valence-corrected chi connectivity index (χ2v) is 9.91. The van der Waals surface area contributed by atoms with Crippen LogP contribution in [0.3, 0.4) is 0 Å². The lowest BCUT2D eigenvalue weighted by Crippen LogP contribution is -2.36. The number of hydrogen-bond donors (Lipinski definition) is 3. The molecule has 0 spiro atoms. The van der Waals surface area contributed by atoms with E-state index >= 15 is 0 Å². The Hall–Kier alpha value is -4.50. The molecule has 198 valence electrons. The molecule has 0 unspecified atom stereocenters. The van der Waals surface area contributed by atoms with Gasteiger partial charge in [-0.3, -0.25) is 9.78 Å². The molecule has 39 heavy (non-hydrogen) atoms. The summed E-state index contributed by atoms with van der Waals surface area (Å²) in [6.45, 7) is 4.92. The number of hydrogen-bond acceptors (Lipinski definition) is 8. The molecule has 3 aliphatic heterocycles. The molecule has 7 rings (SSSR count). The molecule has 1 saturated heterocycles. The van der Waals surface area contributed by atoms with Crippen molar-refractivity contribution in [2.45, 2.75) is 13.0 Å². The second-order valence-electron chi connectivity index (χ2n) is 9.91. The van der Waals surface area contributed by atoms with E-state index in [0.717, 1.165) is 88.3 Å². The molecule has 5 heterocycles. The van der Waals surface area contributed by atoms with Crippen LogP contribution in [-0.4, -0.2) is 49.4 Å². The van der Waals surface area contributed by atoms with Crippen molar-refractivity contribution >= 4 is 17.1 Å². The number of anilines is 3. The molecular formula is C30H29N5O4. The van der Waals surface area contributed by atoms with Crippen LogP contribution in [0.2, 0.25) is 0 Å².